The number of Topliss-reactive ketones (excluding diaryl/α,β-unsaturated/α-hetero) is 1. The van der Waals surface area contributed by atoms with E-state index in [1.54, 1.807) is 25.1 Å². The molecule has 0 radical (unpaired) electrons. The maximum Gasteiger partial charge on any atom is 0.335 e. The van der Waals surface area contributed by atoms with E-state index in [-0.39, 0.29) is 22.8 Å². The number of aliphatic imine (C=N–C) groups is 1. The highest BCUT2D eigenvalue weighted by Crippen LogP contribution is 2.24. The molecule has 7 nitrogen and oxygen atoms in total. The van der Waals surface area contributed by atoms with Crippen LogP contribution in [0.15, 0.2) is 59.0 Å². The van der Waals surface area contributed by atoms with Crippen LogP contribution in [-0.2, 0) is 9.53 Å². The third-order valence-corrected chi connectivity index (χ3v) is 4.02. The maximum atomic E-state index is 12.7. The summed E-state index contributed by atoms with van der Waals surface area (Å²) in [5.41, 5.74) is 12.9. The molecule has 0 heterocycles. The SMILES string of the molecule is COC1=CC(C(=O)C(=CN)C(N)=Nc2cc(C(=O)O)ccc2C)CC=C1. The van der Waals surface area contributed by atoms with Crippen LogP contribution in [0.3, 0.4) is 0 Å². The number of rotatable bonds is 6. The summed E-state index contributed by atoms with van der Waals surface area (Å²) < 4.78 is 5.15. The standard InChI is InChI=1S/C19H21N3O4/c1-11-6-7-13(19(24)25)9-16(11)22-18(21)15(10-20)17(23)12-4-3-5-14(8-12)26-2/h3,5-10,12H,4,20H2,1-2H3,(H2,21,22)(H,24,25). The number of carbonyl (C=O) groups excluding carboxylic acids is 1. The quantitative estimate of drug-likeness (QED) is 0.408. The first-order chi connectivity index (χ1) is 12.4. The molecule has 7 heteroatoms. The number of nitrogens with zero attached hydrogens (tertiary/aromatic N) is 1. The monoisotopic (exact) mass is 355 g/mol. The Morgan fingerprint density at radius 1 is 1.38 bits per heavy atom. The first kappa shape index (κ1) is 19.0. The van der Waals surface area contributed by atoms with Crippen molar-refractivity contribution < 1.29 is 19.4 Å². The first-order valence-electron chi connectivity index (χ1n) is 7.94. The second-order valence-electron chi connectivity index (χ2n) is 5.77. The highest BCUT2D eigenvalue weighted by atomic mass is 16.5. The number of amidine groups is 1. The van der Waals surface area contributed by atoms with Gasteiger partial charge in [0.25, 0.3) is 0 Å². The number of hydrogen-bond acceptors (Lipinski definition) is 5. The van der Waals surface area contributed by atoms with Gasteiger partial charge in [0.15, 0.2) is 5.78 Å². The van der Waals surface area contributed by atoms with Crippen LogP contribution in [-0.4, -0.2) is 29.8 Å². The molecule has 26 heavy (non-hydrogen) atoms. The fourth-order valence-corrected chi connectivity index (χ4v) is 2.52. The summed E-state index contributed by atoms with van der Waals surface area (Å²) in [5, 5.41) is 9.11. The van der Waals surface area contributed by atoms with E-state index in [1.165, 1.54) is 19.2 Å². The zero-order chi connectivity index (χ0) is 19.3. The fourth-order valence-electron chi connectivity index (χ4n) is 2.52. The topological polar surface area (TPSA) is 128 Å². The molecule has 1 unspecified atom stereocenters. The van der Waals surface area contributed by atoms with E-state index in [4.69, 9.17) is 21.3 Å². The van der Waals surface area contributed by atoms with Crippen molar-refractivity contribution in [3.05, 3.63) is 65.1 Å². The van der Waals surface area contributed by atoms with Gasteiger partial charge < -0.3 is 21.3 Å². The lowest BCUT2D eigenvalue weighted by molar-refractivity contribution is -0.117. The van der Waals surface area contributed by atoms with Crippen LogP contribution in [0.25, 0.3) is 0 Å². The van der Waals surface area contributed by atoms with Gasteiger partial charge in [0.1, 0.15) is 11.6 Å². The normalized spacial score (nSPS) is 17.6. The molecular weight excluding hydrogens is 334 g/mol. The molecule has 0 saturated carbocycles. The molecule has 0 bridgehead atoms. The Bertz CT molecular complexity index is 850. The molecule has 0 saturated heterocycles. The van der Waals surface area contributed by atoms with E-state index >= 15 is 0 Å². The molecular formula is C19H21N3O4. The van der Waals surface area contributed by atoms with E-state index in [0.717, 1.165) is 11.8 Å². The zero-order valence-corrected chi connectivity index (χ0v) is 14.6. The van der Waals surface area contributed by atoms with Crippen molar-refractivity contribution >= 4 is 23.3 Å². The van der Waals surface area contributed by atoms with E-state index < -0.39 is 11.9 Å². The van der Waals surface area contributed by atoms with E-state index in [9.17, 15) is 9.59 Å². The Labute approximate surface area is 151 Å². The predicted octanol–water partition coefficient (Wildman–Crippen LogP) is 2.20. The Morgan fingerprint density at radius 3 is 2.73 bits per heavy atom. The number of benzene rings is 1. The van der Waals surface area contributed by atoms with Crippen molar-refractivity contribution in [1.82, 2.24) is 0 Å². The second-order valence-corrected chi connectivity index (χ2v) is 5.77. The lowest BCUT2D eigenvalue weighted by Gasteiger charge is -2.16. The number of carboxylic acid groups (broad SMARTS) is 1. The molecule has 1 aromatic carbocycles. The summed E-state index contributed by atoms with van der Waals surface area (Å²) in [7, 11) is 1.52. The summed E-state index contributed by atoms with van der Waals surface area (Å²) in [4.78, 5) is 28.1. The van der Waals surface area contributed by atoms with Gasteiger partial charge in [-0.3, -0.25) is 4.79 Å². The minimum absolute atomic E-state index is 0.0648. The molecule has 1 atom stereocenters. The number of aryl methyl sites for hydroxylation is 1. The van der Waals surface area contributed by atoms with Crippen molar-refractivity contribution in [2.45, 2.75) is 13.3 Å². The van der Waals surface area contributed by atoms with Crippen LogP contribution in [0, 0.1) is 12.8 Å². The van der Waals surface area contributed by atoms with Crippen molar-refractivity contribution in [3.8, 4) is 0 Å². The molecule has 5 N–H and O–H groups in total. The molecule has 0 aromatic heterocycles. The Hall–Kier alpha value is -3.35. The Balaban J connectivity index is 2.33. The van der Waals surface area contributed by atoms with Crippen LogP contribution in [0.1, 0.15) is 22.3 Å². The van der Waals surface area contributed by atoms with Gasteiger partial charge >= 0.3 is 5.97 Å². The molecule has 136 valence electrons. The van der Waals surface area contributed by atoms with Gasteiger partial charge in [0, 0.05) is 12.1 Å². The van der Waals surface area contributed by atoms with Gasteiger partial charge in [-0.2, -0.15) is 0 Å². The minimum Gasteiger partial charge on any atom is -0.497 e. The molecule has 0 fully saturated rings. The maximum absolute atomic E-state index is 12.7. The molecule has 1 aliphatic rings. The Morgan fingerprint density at radius 2 is 2.12 bits per heavy atom. The van der Waals surface area contributed by atoms with Gasteiger partial charge in [-0.25, -0.2) is 9.79 Å². The third-order valence-electron chi connectivity index (χ3n) is 4.02. The van der Waals surface area contributed by atoms with Crippen molar-refractivity contribution in [3.63, 3.8) is 0 Å². The summed E-state index contributed by atoms with van der Waals surface area (Å²) in [5.74, 6) is -1.28. The first-order valence-corrected chi connectivity index (χ1v) is 7.94. The summed E-state index contributed by atoms with van der Waals surface area (Å²) >= 11 is 0. The molecule has 2 rings (SSSR count). The smallest absolute Gasteiger partial charge is 0.335 e. The van der Waals surface area contributed by atoms with Crippen LogP contribution in [0.5, 0.6) is 0 Å². The number of hydrogen-bond donors (Lipinski definition) is 3. The van der Waals surface area contributed by atoms with E-state index in [2.05, 4.69) is 4.99 Å². The van der Waals surface area contributed by atoms with Crippen LogP contribution in [0.2, 0.25) is 0 Å². The zero-order valence-electron chi connectivity index (χ0n) is 14.6. The summed E-state index contributed by atoms with van der Waals surface area (Å²) in [6.45, 7) is 1.77. The number of ketones is 1. The third kappa shape index (κ3) is 4.18. The number of carbonyl (C=O) groups is 2. The van der Waals surface area contributed by atoms with E-state index in [0.29, 0.717) is 17.9 Å². The lowest BCUT2D eigenvalue weighted by atomic mass is 9.91. The molecule has 0 aliphatic heterocycles. The second kappa shape index (κ2) is 8.15. The van der Waals surface area contributed by atoms with Crippen LogP contribution < -0.4 is 11.5 Å². The number of methoxy groups -OCH3 is 1. The fraction of sp³-hybridized carbons (Fsp3) is 0.211. The largest absolute Gasteiger partial charge is 0.497 e. The predicted molar refractivity (Wildman–Crippen MR) is 99.0 cm³/mol. The molecule has 0 spiro atoms. The van der Waals surface area contributed by atoms with Gasteiger partial charge in [-0.15, -0.1) is 0 Å². The number of aromatic carboxylic acids is 1. The average Bonchev–Trinajstić information content (AvgIpc) is 2.63. The molecule has 1 aliphatic carbocycles. The highest BCUT2D eigenvalue weighted by Gasteiger charge is 2.24. The number of ether oxygens (including phenoxy) is 1. The lowest BCUT2D eigenvalue weighted by Crippen LogP contribution is -2.27. The number of carboxylic acids is 1. The van der Waals surface area contributed by atoms with Crippen molar-refractivity contribution in [2.75, 3.05) is 7.11 Å². The molecule has 0 amide bonds. The summed E-state index contributed by atoms with van der Waals surface area (Å²) in [6, 6.07) is 4.50. The average molecular weight is 355 g/mol. The minimum atomic E-state index is -1.07. The molecule has 1 aromatic rings. The highest BCUT2D eigenvalue weighted by molar-refractivity contribution is 6.22. The van der Waals surface area contributed by atoms with Crippen molar-refractivity contribution in [2.24, 2.45) is 22.4 Å². The van der Waals surface area contributed by atoms with Gasteiger partial charge in [0.2, 0.25) is 0 Å². The van der Waals surface area contributed by atoms with Crippen molar-refractivity contribution in [1.29, 1.82) is 0 Å². The number of nitrogens with two attached hydrogens (primary N) is 2. The van der Waals surface area contributed by atoms with Gasteiger partial charge in [0.05, 0.1) is 23.9 Å². The van der Waals surface area contributed by atoms with E-state index in [1.807, 2.05) is 6.08 Å². The van der Waals surface area contributed by atoms with Gasteiger partial charge in [-0.1, -0.05) is 12.1 Å². The summed E-state index contributed by atoms with van der Waals surface area (Å²) in [6.07, 6.45) is 6.95. The van der Waals surface area contributed by atoms with Gasteiger partial charge in [-0.05, 0) is 43.2 Å². The van der Waals surface area contributed by atoms with Crippen LogP contribution in [0.4, 0.5) is 5.69 Å². The van der Waals surface area contributed by atoms with Crippen LogP contribution >= 0.6 is 0 Å². The Kier molecular flexibility index (Phi) is 5.95. The number of allylic oxidation sites excluding steroid dienone is 3.